The number of hydrazine groups is 1. The van der Waals surface area contributed by atoms with Crippen LogP contribution in [-0.2, 0) is 14.4 Å². The molecule has 142 valence electrons. The summed E-state index contributed by atoms with van der Waals surface area (Å²) in [5.41, 5.74) is 6.02. The molecular weight excluding hydrogens is 370 g/mol. The number of rotatable bonds is 7. The number of para-hydroxylation sites is 1. The van der Waals surface area contributed by atoms with Crippen LogP contribution in [-0.4, -0.2) is 24.3 Å². The van der Waals surface area contributed by atoms with Crippen molar-refractivity contribution in [2.24, 2.45) is 0 Å². The zero-order valence-corrected chi connectivity index (χ0v) is 15.5. The largest absolute Gasteiger partial charge is 0.484 e. The van der Waals surface area contributed by atoms with E-state index < -0.39 is 11.8 Å². The molecule has 0 bridgehead atoms. The average molecular weight is 390 g/mol. The molecule has 0 unspecified atom stereocenters. The lowest BCUT2D eigenvalue weighted by Gasteiger charge is -2.09. The molecule has 0 atom stereocenters. The quantitative estimate of drug-likeness (QED) is 0.634. The van der Waals surface area contributed by atoms with Crippen LogP contribution < -0.4 is 20.9 Å². The molecule has 0 fully saturated rings. The first-order chi connectivity index (χ1) is 12.9. The highest BCUT2D eigenvalue weighted by Gasteiger charge is 2.10. The maximum absolute atomic E-state index is 11.8. The number of amides is 3. The lowest BCUT2D eigenvalue weighted by molar-refractivity contribution is -0.130. The van der Waals surface area contributed by atoms with Gasteiger partial charge in [0.15, 0.2) is 6.61 Å². The van der Waals surface area contributed by atoms with E-state index in [9.17, 15) is 14.4 Å². The summed E-state index contributed by atoms with van der Waals surface area (Å²) in [7, 11) is 0. The van der Waals surface area contributed by atoms with E-state index in [4.69, 9.17) is 16.3 Å². The molecule has 0 aromatic heterocycles. The zero-order chi connectivity index (χ0) is 19.6. The number of carbonyl (C=O) groups is 3. The summed E-state index contributed by atoms with van der Waals surface area (Å²) in [6.07, 6.45) is -0.137. The molecule has 0 radical (unpaired) electrons. The van der Waals surface area contributed by atoms with E-state index in [0.717, 1.165) is 5.56 Å². The van der Waals surface area contributed by atoms with Crippen molar-refractivity contribution in [2.45, 2.75) is 19.8 Å². The second kappa shape index (κ2) is 10.2. The Kier molecular flexibility index (Phi) is 7.63. The Bertz CT molecular complexity index is 809. The van der Waals surface area contributed by atoms with Crippen LogP contribution in [0.15, 0.2) is 48.5 Å². The monoisotopic (exact) mass is 389 g/mol. The van der Waals surface area contributed by atoms with E-state index in [0.29, 0.717) is 16.5 Å². The maximum atomic E-state index is 11.8. The number of anilines is 1. The van der Waals surface area contributed by atoms with Crippen molar-refractivity contribution in [1.82, 2.24) is 10.9 Å². The van der Waals surface area contributed by atoms with Crippen molar-refractivity contribution in [3.8, 4) is 5.75 Å². The second-order valence-electron chi connectivity index (χ2n) is 5.73. The molecule has 27 heavy (non-hydrogen) atoms. The zero-order valence-electron chi connectivity index (χ0n) is 14.8. The standard InChI is InChI=1S/C19H20ClN3O4/c1-13-6-8-14(9-7-13)27-12-19(26)23-22-18(25)11-10-17(24)21-16-5-3-2-4-15(16)20/h2-9H,10-12H2,1H3,(H,21,24)(H,22,25)(H,23,26). The minimum Gasteiger partial charge on any atom is -0.484 e. The van der Waals surface area contributed by atoms with Crippen molar-refractivity contribution in [3.05, 3.63) is 59.1 Å². The minimum absolute atomic E-state index is 0.0488. The fourth-order valence-corrected chi connectivity index (χ4v) is 2.21. The molecule has 0 saturated carbocycles. The van der Waals surface area contributed by atoms with Gasteiger partial charge in [0.1, 0.15) is 5.75 Å². The Balaban J connectivity index is 1.63. The summed E-state index contributed by atoms with van der Waals surface area (Å²) in [6.45, 7) is 1.71. The summed E-state index contributed by atoms with van der Waals surface area (Å²) < 4.78 is 5.29. The van der Waals surface area contributed by atoms with Crippen molar-refractivity contribution in [3.63, 3.8) is 0 Å². The van der Waals surface area contributed by atoms with E-state index in [1.54, 1.807) is 36.4 Å². The summed E-state index contributed by atoms with van der Waals surface area (Å²) in [5, 5.41) is 3.03. The number of ether oxygens (including phenoxy) is 1. The Hall–Kier alpha value is -3.06. The molecule has 0 heterocycles. The van der Waals surface area contributed by atoms with Gasteiger partial charge in [-0.15, -0.1) is 0 Å². The van der Waals surface area contributed by atoms with Gasteiger partial charge in [-0.2, -0.15) is 0 Å². The van der Waals surface area contributed by atoms with E-state index >= 15 is 0 Å². The van der Waals surface area contributed by atoms with Crippen LogP contribution in [0.3, 0.4) is 0 Å². The first kappa shape index (κ1) is 20.3. The number of carbonyl (C=O) groups excluding carboxylic acids is 3. The molecular formula is C19H20ClN3O4. The van der Waals surface area contributed by atoms with Crippen LogP contribution >= 0.6 is 11.6 Å². The predicted octanol–water partition coefficient (Wildman–Crippen LogP) is 2.59. The fourth-order valence-electron chi connectivity index (χ4n) is 2.02. The van der Waals surface area contributed by atoms with E-state index in [1.807, 2.05) is 19.1 Å². The van der Waals surface area contributed by atoms with Crippen LogP contribution in [0, 0.1) is 6.92 Å². The van der Waals surface area contributed by atoms with Gasteiger partial charge in [-0.25, -0.2) is 0 Å². The average Bonchev–Trinajstić information content (AvgIpc) is 2.66. The normalized spacial score (nSPS) is 10.0. The van der Waals surface area contributed by atoms with Crippen molar-refractivity contribution in [2.75, 3.05) is 11.9 Å². The van der Waals surface area contributed by atoms with Crippen LogP contribution in [0.25, 0.3) is 0 Å². The van der Waals surface area contributed by atoms with Crippen molar-refractivity contribution >= 4 is 35.0 Å². The van der Waals surface area contributed by atoms with Gasteiger partial charge < -0.3 is 10.1 Å². The molecule has 2 aromatic carbocycles. The van der Waals surface area contributed by atoms with Gasteiger partial charge in [0.25, 0.3) is 5.91 Å². The van der Waals surface area contributed by atoms with Gasteiger partial charge in [-0.05, 0) is 31.2 Å². The van der Waals surface area contributed by atoms with Crippen LogP contribution in [0.4, 0.5) is 5.69 Å². The molecule has 0 spiro atoms. The third-order valence-corrected chi connectivity index (χ3v) is 3.79. The number of benzene rings is 2. The molecule has 8 heteroatoms. The van der Waals surface area contributed by atoms with Gasteiger partial charge in [0, 0.05) is 12.8 Å². The number of hydrogen-bond donors (Lipinski definition) is 3. The molecule has 3 N–H and O–H groups in total. The molecule has 7 nitrogen and oxygen atoms in total. The highest BCUT2D eigenvalue weighted by Crippen LogP contribution is 2.20. The summed E-state index contributed by atoms with van der Waals surface area (Å²) in [4.78, 5) is 35.2. The Labute approximate surface area is 162 Å². The predicted molar refractivity (Wildman–Crippen MR) is 102 cm³/mol. The van der Waals surface area contributed by atoms with Crippen molar-refractivity contribution in [1.29, 1.82) is 0 Å². The summed E-state index contributed by atoms with van der Waals surface area (Å²) in [6, 6.07) is 14.0. The Morgan fingerprint density at radius 1 is 0.889 bits per heavy atom. The minimum atomic E-state index is -0.510. The van der Waals surface area contributed by atoms with E-state index in [1.165, 1.54) is 0 Å². The van der Waals surface area contributed by atoms with Crippen molar-refractivity contribution < 1.29 is 19.1 Å². The summed E-state index contributed by atoms with van der Waals surface area (Å²) >= 11 is 5.94. The van der Waals surface area contributed by atoms with Crippen LogP contribution in [0.2, 0.25) is 5.02 Å². The van der Waals surface area contributed by atoms with Crippen LogP contribution in [0.5, 0.6) is 5.75 Å². The highest BCUT2D eigenvalue weighted by atomic mass is 35.5. The maximum Gasteiger partial charge on any atom is 0.276 e. The first-order valence-electron chi connectivity index (χ1n) is 8.25. The highest BCUT2D eigenvalue weighted by molar-refractivity contribution is 6.33. The molecule has 2 aromatic rings. The number of hydrogen-bond acceptors (Lipinski definition) is 4. The Morgan fingerprint density at radius 3 is 2.22 bits per heavy atom. The van der Waals surface area contributed by atoms with E-state index in [-0.39, 0.29) is 25.4 Å². The topological polar surface area (TPSA) is 96.5 Å². The lowest BCUT2D eigenvalue weighted by atomic mass is 10.2. The molecule has 2 rings (SSSR count). The molecule has 0 aliphatic heterocycles. The third kappa shape index (κ3) is 7.37. The SMILES string of the molecule is Cc1ccc(OCC(=O)NNC(=O)CCC(=O)Nc2ccccc2Cl)cc1. The number of aryl methyl sites for hydroxylation is 1. The third-order valence-electron chi connectivity index (χ3n) is 3.46. The molecule has 3 amide bonds. The van der Waals surface area contributed by atoms with Gasteiger partial charge in [0.2, 0.25) is 11.8 Å². The van der Waals surface area contributed by atoms with Gasteiger partial charge in [-0.3, -0.25) is 25.2 Å². The molecule has 0 aliphatic carbocycles. The van der Waals surface area contributed by atoms with Gasteiger partial charge >= 0.3 is 0 Å². The smallest absolute Gasteiger partial charge is 0.276 e. The van der Waals surface area contributed by atoms with Gasteiger partial charge in [0.05, 0.1) is 10.7 Å². The Morgan fingerprint density at radius 2 is 1.52 bits per heavy atom. The fraction of sp³-hybridized carbons (Fsp3) is 0.211. The molecule has 0 saturated heterocycles. The van der Waals surface area contributed by atoms with E-state index in [2.05, 4.69) is 16.2 Å². The van der Waals surface area contributed by atoms with Gasteiger partial charge in [-0.1, -0.05) is 41.4 Å². The molecule has 0 aliphatic rings. The summed E-state index contributed by atoms with van der Waals surface area (Å²) in [5.74, 6) is -0.803. The van der Waals surface area contributed by atoms with Crippen LogP contribution in [0.1, 0.15) is 18.4 Å². The number of halogens is 1. The second-order valence-corrected chi connectivity index (χ2v) is 6.13. The number of nitrogens with one attached hydrogen (secondary N) is 3. The first-order valence-corrected chi connectivity index (χ1v) is 8.63. The lowest BCUT2D eigenvalue weighted by Crippen LogP contribution is -2.44.